The van der Waals surface area contributed by atoms with Gasteiger partial charge in [-0.3, -0.25) is 10.1 Å². The summed E-state index contributed by atoms with van der Waals surface area (Å²) in [7, 11) is 1.67. The van der Waals surface area contributed by atoms with Gasteiger partial charge < -0.3 is 10.1 Å². The highest BCUT2D eigenvalue weighted by molar-refractivity contribution is 5.95. The molecule has 0 aromatic heterocycles. The van der Waals surface area contributed by atoms with E-state index in [0.717, 1.165) is 23.4 Å². The molecule has 4 nitrogen and oxygen atoms in total. The zero-order chi connectivity index (χ0) is 20.0. The molecule has 0 aliphatic rings. The molecule has 0 aliphatic heterocycles. The van der Waals surface area contributed by atoms with Gasteiger partial charge in [-0.25, -0.2) is 0 Å². The van der Waals surface area contributed by atoms with Crippen molar-refractivity contribution in [3.63, 3.8) is 0 Å². The zero-order valence-corrected chi connectivity index (χ0v) is 17.3. The molecule has 1 amide bonds. The lowest BCUT2D eigenvalue weighted by Gasteiger charge is -2.23. The second kappa shape index (κ2) is 9.56. The molecule has 0 bridgehead atoms. The monoisotopic (exact) mass is 368 g/mol. The number of hydrogen-bond donors (Lipinski definition) is 2. The van der Waals surface area contributed by atoms with Crippen molar-refractivity contribution >= 4 is 11.6 Å². The molecule has 2 rings (SSSR count). The lowest BCUT2D eigenvalue weighted by molar-refractivity contribution is -0.117. The van der Waals surface area contributed by atoms with Crippen LogP contribution in [0, 0.1) is 6.92 Å². The van der Waals surface area contributed by atoms with Crippen LogP contribution in [-0.2, 0) is 4.79 Å². The number of benzene rings is 2. The zero-order valence-electron chi connectivity index (χ0n) is 17.3. The van der Waals surface area contributed by atoms with E-state index in [1.165, 1.54) is 11.1 Å². The summed E-state index contributed by atoms with van der Waals surface area (Å²) in [5.74, 6) is 1.19. The molecule has 3 atom stereocenters. The molecule has 4 heteroatoms. The maximum atomic E-state index is 12.8. The number of nitrogens with one attached hydrogen (secondary N) is 2. The number of methoxy groups -OCH3 is 1. The average molecular weight is 369 g/mol. The van der Waals surface area contributed by atoms with E-state index in [9.17, 15) is 4.79 Å². The SMILES string of the molecule is CCC(C)c1ccccc1NC(=O)C(C)NC(C)c1cc(C)ccc1OC. The third kappa shape index (κ3) is 5.33. The number of amides is 1. The molecule has 0 spiro atoms. The Hall–Kier alpha value is -2.33. The molecular formula is C23H32N2O2. The summed E-state index contributed by atoms with van der Waals surface area (Å²) in [5, 5.41) is 6.48. The normalized spacial score (nSPS) is 14.3. The Morgan fingerprint density at radius 3 is 2.44 bits per heavy atom. The van der Waals surface area contributed by atoms with Crippen LogP contribution in [0.25, 0.3) is 0 Å². The van der Waals surface area contributed by atoms with Crippen molar-refractivity contribution in [2.45, 2.75) is 59.0 Å². The van der Waals surface area contributed by atoms with Crippen LogP contribution in [0.15, 0.2) is 42.5 Å². The van der Waals surface area contributed by atoms with E-state index in [2.05, 4.69) is 43.5 Å². The van der Waals surface area contributed by atoms with E-state index in [1.54, 1.807) is 7.11 Å². The van der Waals surface area contributed by atoms with E-state index in [4.69, 9.17) is 4.74 Å². The maximum Gasteiger partial charge on any atom is 0.241 e. The number of anilines is 1. The minimum atomic E-state index is -0.338. The Balaban J connectivity index is 2.09. The minimum Gasteiger partial charge on any atom is -0.496 e. The van der Waals surface area contributed by atoms with Crippen molar-refractivity contribution in [2.24, 2.45) is 0 Å². The Kier molecular flexibility index (Phi) is 7.43. The van der Waals surface area contributed by atoms with Gasteiger partial charge in [-0.05, 0) is 50.8 Å². The molecule has 27 heavy (non-hydrogen) atoms. The number of carbonyl (C=O) groups is 1. The Morgan fingerprint density at radius 1 is 1.07 bits per heavy atom. The van der Waals surface area contributed by atoms with Crippen molar-refractivity contribution in [1.29, 1.82) is 0 Å². The van der Waals surface area contributed by atoms with Crippen LogP contribution in [0.3, 0.4) is 0 Å². The molecule has 146 valence electrons. The summed E-state index contributed by atoms with van der Waals surface area (Å²) < 4.78 is 5.47. The smallest absolute Gasteiger partial charge is 0.241 e. The number of hydrogen-bond acceptors (Lipinski definition) is 3. The van der Waals surface area contributed by atoms with Crippen LogP contribution >= 0.6 is 0 Å². The number of carbonyl (C=O) groups excluding carboxylic acids is 1. The molecule has 3 unspecified atom stereocenters. The second-order valence-corrected chi connectivity index (χ2v) is 7.24. The standard InChI is InChI=1S/C23H32N2O2/c1-7-16(3)19-10-8-9-11-21(19)25-23(26)18(5)24-17(4)20-14-15(2)12-13-22(20)27-6/h8-14,16-18,24H,7H2,1-6H3,(H,25,26). The molecule has 2 N–H and O–H groups in total. The fraction of sp³-hybridized carbons (Fsp3) is 0.435. The van der Waals surface area contributed by atoms with Crippen LogP contribution in [0.1, 0.15) is 62.8 Å². The van der Waals surface area contributed by atoms with Crippen LogP contribution in [0.4, 0.5) is 5.69 Å². The molecule has 0 saturated heterocycles. The average Bonchev–Trinajstić information content (AvgIpc) is 2.67. The van der Waals surface area contributed by atoms with E-state index in [-0.39, 0.29) is 18.0 Å². The number of rotatable bonds is 8. The number of ether oxygens (including phenoxy) is 1. The highest BCUT2D eigenvalue weighted by Crippen LogP contribution is 2.28. The summed E-state index contributed by atoms with van der Waals surface area (Å²) in [6, 6.07) is 13.8. The Labute approximate surface area is 163 Å². The minimum absolute atomic E-state index is 0.00888. The maximum absolute atomic E-state index is 12.8. The van der Waals surface area contributed by atoms with E-state index in [1.807, 2.05) is 44.2 Å². The summed E-state index contributed by atoms with van der Waals surface area (Å²) in [6.45, 7) is 10.3. The van der Waals surface area contributed by atoms with Gasteiger partial charge in [0.2, 0.25) is 5.91 Å². The van der Waals surface area contributed by atoms with Gasteiger partial charge in [0.1, 0.15) is 5.75 Å². The molecular weight excluding hydrogens is 336 g/mol. The van der Waals surface area contributed by atoms with Gasteiger partial charge in [0, 0.05) is 17.3 Å². The van der Waals surface area contributed by atoms with Crippen LogP contribution in [0.5, 0.6) is 5.75 Å². The first kappa shape index (κ1) is 21.0. The largest absolute Gasteiger partial charge is 0.496 e. The number of aryl methyl sites for hydroxylation is 1. The van der Waals surface area contributed by atoms with Crippen LogP contribution < -0.4 is 15.4 Å². The Morgan fingerprint density at radius 2 is 1.78 bits per heavy atom. The molecule has 0 fully saturated rings. The van der Waals surface area contributed by atoms with Crippen molar-refractivity contribution in [3.8, 4) is 5.75 Å². The summed E-state index contributed by atoms with van der Waals surface area (Å²) in [6.07, 6.45) is 1.03. The first-order valence-corrected chi connectivity index (χ1v) is 9.67. The van der Waals surface area contributed by atoms with E-state index < -0.39 is 0 Å². The highest BCUT2D eigenvalue weighted by Gasteiger charge is 2.20. The molecule has 2 aromatic carbocycles. The van der Waals surface area contributed by atoms with Crippen molar-refractivity contribution in [1.82, 2.24) is 5.32 Å². The molecule has 2 aromatic rings. The summed E-state index contributed by atoms with van der Waals surface area (Å²) >= 11 is 0. The first-order valence-electron chi connectivity index (χ1n) is 9.67. The van der Waals surface area contributed by atoms with Crippen molar-refractivity contribution in [3.05, 3.63) is 59.2 Å². The van der Waals surface area contributed by atoms with Crippen molar-refractivity contribution in [2.75, 3.05) is 12.4 Å². The van der Waals surface area contributed by atoms with Gasteiger partial charge >= 0.3 is 0 Å². The van der Waals surface area contributed by atoms with Gasteiger partial charge in [-0.15, -0.1) is 0 Å². The fourth-order valence-corrected chi connectivity index (χ4v) is 3.23. The van der Waals surface area contributed by atoms with Crippen molar-refractivity contribution < 1.29 is 9.53 Å². The van der Waals surface area contributed by atoms with Gasteiger partial charge in [-0.2, -0.15) is 0 Å². The quantitative estimate of drug-likeness (QED) is 0.674. The molecule has 0 heterocycles. The Bertz CT molecular complexity index is 773. The second-order valence-electron chi connectivity index (χ2n) is 7.24. The first-order chi connectivity index (χ1) is 12.9. The lowest BCUT2D eigenvalue weighted by atomic mass is 9.97. The predicted molar refractivity (Wildman–Crippen MR) is 113 cm³/mol. The fourth-order valence-electron chi connectivity index (χ4n) is 3.23. The molecule has 0 aliphatic carbocycles. The van der Waals surface area contributed by atoms with Gasteiger partial charge in [-0.1, -0.05) is 49.7 Å². The third-order valence-electron chi connectivity index (χ3n) is 5.11. The highest BCUT2D eigenvalue weighted by atomic mass is 16.5. The predicted octanol–water partition coefficient (Wildman–Crippen LogP) is 5.19. The van der Waals surface area contributed by atoms with Gasteiger partial charge in [0.25, 0.3) is 0 Å². The van der Waals surface area contributed by atoms with E-state index in [0.29, 0.717) is 5.92 Å². The van der Waals surface area contributed by atoms with E-state index >= 15 is 0 Å². The number of para-hydroxylation sites is 1. The van der Waals surface area contributed by atoms with Gasteiger partial charge in [0.15, 0.2) is 0 Å². The van der Waals surface area contributed by atoms with Crippen LogP contribution in [0.2, 0.25) is 0 Å². The lowest BCUT2D eigenvalue weighted by Crippen LogP contribution is -2.39. The third-order valence-corrected chi connectivity index (χ3v) is 5.11. The van der Waals surface area contributed by atoms with Crippen LogP contribution in [-0.4, -0.2) is 19.1 Å². The molecule has 0 radical (unpaired) electrons. The topological polar surface area (TPSA) is 50.4 Å². The summed E-state index contributed by atoms with van der Waals surface area (Å²) in [5.41, 5.74) is 4.29. The summed E-state index contributed by atoms with van der Waals surface area (Å²) in [4.78, 5) is 12.8. The van der Waals surface area contributed by atoms with Gasteiger partial charge in [0.05, 0.1) is 13.2 Å². The molecule has 0 saturated carbocycles.